The van der Waals surface area contributed by atoms with Crippen LogP contribution in [0.2, 0.25) is 0 Å². The maximum Gasteiger partial charge on any atom is 0.255 e. The first-order valence-electron chi connectivity index (χ1n) is 11.7. The van der Waals surface area contributed by atoms with E-state index in [1.807, 2.05) is 13.8 Å². The number of ketones is 2. The number of nitrogens with one attached hydrogen (secondary N) is 2. The van der Waals surface area contributed by atoms with Crippen LogP contribution in [-0.2, 0) is 0 Å². The number of rotatable bonds is 4. The van der Waals surface area contributed by atoms with Gasteiger partial charge in [0.1, 0.15) is 11.5 Å². The Balaban J connectivity index is 1.57. The molecule has 4 aromatic rings. The second-order valence-electron chi connectivity index (χ2n) is 9.06. The number of phenols is 2. The van der Waals surface area contributed by atoms with Crippen molar-refractivity contribution in [3.63, 3.8) is 0 Å². The normalized spacial score (nSPS) is 11.9. The number of hydrogen-bond donors (Lipinski definition) is 4. The molecule has 0 unspecified atom stereocenters. The standard InChI is InChI=1S/C30H22N2O6/c1-15-3-7-17(8-4-15)29(37)31-19-11-13-21(33)25-23(19)27(35)26-22(34)14-12-20(24(26)28(25)36)32-30(38)18-9-5-16(2)6-10-18/h3-14,33-34H,1-2H3,(H,31,37)(H,32,38). The number of benzene rings is 4. The van der Waals surface area contributed by atoms with Crippen LogP contribution in [0.1, 0.15) is 63.7 Å². The Hall–Kier alpha value is -5.24. The van der Waals surface area contributed by atoms with Crippen molar-refractivity contribution in [1.82, 2.24) is 0 Å². The van der Waals surface area contributed by atoms with E-state index in [1.165, 1.54) is 24.3 Å². The summed E-state index contributed by atoms with van der Waals surface area (Å²) >= 11 is 0. The van der Waals surface area contributed by atoms with Gasteiger partial charge in [-0.3, -0.25) is 19.2 Å². The Morgan fingerprint density at radius 3 is 1.21 bits per heavy atom. The van der Waals surface area contributed by atoms with Crippen molar-refractivity contribution in [3.05, 3.63) is 117 Å². The zero-order chi connectivity index (χ0) is 27.1. The van der Waals surface area contributed by atoms with E-state index in [1.54, 1.807) is 48.5 Å². The van der Waals surface area contributed by atoms with E-state index < -0.39 is 34.9 Å². The summed E-state index contributed by atoms with van der Waals surface area (Å²) in [4.78, 5) is 53.1. The maximum absolute atomic E-state index is 13.7. The van der Waals surface area contributed by atoms with Crippen LogP contribution in [-0.4, -0.2) is 33.6 Å². The first-order valence-corrected chi connectivity index (χ1v) is 11.7. The summed E-state index contributed by atoms with van der Waals surface area (Å²) in [5.41, 5.74) is 1.42. The van der Waals surface area contributed by atoms with Crippen LogP contribution in [0.3, 0.4) is 0 Å². The molecular weight excluding hydrogens is 484 g/mol. The van der Waals surface area contributed by atoms with E-state index in [2.05, 4.69) is 10.6 Å². The number of anilines is 2. The van der Waals surface area contributed by atoms with Gasteiger partial charge in [0.15, 0.2) is 0 Å². The van der Waals surface area contributed by atoms with Crippen molar-refractivity contribution in [2.45, 2.75) is 13.8 Å². The zero-order valence-corrected chi connectivity index (χ0v) is 20.5. The van der Waals surface area contributed by atoms with Crippen molar-refractivity contribution in [1.29, 1.82) is 0 Å². The van der Waals surface area contributed by atoms with E-state index in [4.69, 9.17) is 0 Å². The molecule has 2 amide bonds. The lowest BCUT2D eigenvalue weighted by Gasteiger charge is -2.24. The smallest absolute Gasteiger partial charge is 0.255 e. The highest BCUT2D eigenvalue weighted by molar-refractivity contribution is 6.34. The summed E-state index contributed by atoms with van der Waals surface area (Å²) in [6.07, 6.45) is 0. The largest absolute Gasteiger partial charge is 0.507 e. The molecule has 4 N–H and O–H groups in total. The van der Waals surface area contributed by atoms with Gasteiger partial charge in [0.05, 0.1) is 33.6 Å². The molecule has 0 fully saturated rings. The Bertz CT molecular complexity index is 1530. The molecule has 8 heteroatoms. The maximum atomic E-state index is 13.7. The fraction of sp³-hybridized carbons (Fsp3) is 0.0667. The van der Waals surface area contributed by atoms with Gasteiger partial charge < -0.3 is 20.8 Å². The highest BCUT2D eigenvalue weighted by Gasteiger charge is 2.38. The van der Waals surface area contributed by atoms with Crippen LogP contribution < -0.4 is 10.6 Å². The molecule has 5 rings (SSSR count). The molecule has 1 aliphatic rings. The number of phenolic OH excluding ortho intramolecular Hbond substituents is 2. The fourth-order valence-corrected chi connectivity index (χ4v) is 4.37. The summed E-state index contributed by atoms with van der Waals surface area (Å²) < 4.78 is 0. The molecule has 0 aliphatic heterocycles. The molecule has 0 aromatic heterocycles. The number of hydrogen-bond acceptors (Lipinski definition) is 6. The Kier molecular flexibility index (Phi) is 6.00. The van der Waals surface area contributed by atoms with Gasteiger partial charge in [0.25, 0.3) is 11.8 Å². The summed E-state index contributed by atoms with van der Waals surface area (Å²) in [6.45, 7) is 3.76. The Labute approximate surface area is 217 Å². The minimum atomic E-state index is -0.784. The Morgan fingerprint density at radius 2 is 0.868 bits per heavy atom. The molecule has 0 radical (unpaired) electrons. The fourth-order valence-electron chi connectivity index (χ4n) is 4.37. The molecule has 188 valence electrons. The molecule has 8 nitrogen and oxygen atoms in total. The number of fused-ring (bicyclic) bond motifs is 2. The van der Waals surface area contributed by atoms with E-state index >= 15 is 0 Å². The SMILES string of the molecule is Cc1ccc(C(=O)Nc2ccc(O)c3c2C(=O)c2c(O)ccc(NC(=O)c4ccc(C)cc4)c2C3=O)cc1. The van der Waals surface area contributed by atoms with Gasteiger partial charge in [-0.2, -0.15) is 0 Å². The molecular formula is C30H22N2O6. The van der Waals surface area contributed by atoms with E-state index in [0.29, 0.717) is 11.1 Å². The van der Waals surface area contributed by atoms with Gasteiger partial charge in [-0.25, -0.2) is 0 Å². The average Bonchev–Trinajstić information content (AvgIpc) is 2.89. The minimum Gasteiger partial charge on any atom is -0.507 e. The van der Waals surface area contributed by atoms with Crippen molar-refractivity contribution in [2.24, 2.45) is 0 Å². The topological polar surface area (TPSA) is 133 Å². The quantitative estimate of drug-likeness (QED) is 0.254. The van der Waals surface area contributed by atoms with Gasteiger partial charge in [0.2, 0.25) is 11.6 Å². The first-order chi connectivity index (χ1) is 18.2. The highest BCUT2D eigenvalue weighted by atomic mass is 16.3. The number of amides is 2. The van der Waals surface area contributed by atoms with Gasteiger partial charge in [-0.15, -0.1) is 0 Å². The molecule has 38 heavy (non-hydrogen) atoms. The third kappa shape index (κ3) is 4.18. The van der Waals surface area contributed by atoms with E-state index in [-0.39, 0.29) is 33.6 Å². The van der Waals surface area contributed by atoms with E-state index in [0.717, 1.165) is 11.1 Å². The summed E-state index contributed by atoms with van der Waals surface area (Å²) in [6, 6.07) is 18.6. The van der Waals surface area contributed by atoms with Crippen LogP contribution in [0.5, 0.6) is 11.5 Å². The van der Waals surface area contributed by atoms with Crippen molar-refractivity contribution in [2.75, 3.05) is 10.6 Å². The van der Waals surface area contributed by atoms with E-state index in [9.17, 15) is 29.4 Å². The molecule has 1 aliphatic carbocycles. The second-order valence-corrected chi connectivity index (χ2v) is 9.06. The molecule has 0 spiro atoms. The predicted octanol–water partition coefficient (Wildman–Crippen LogP) is 4.99. The molecule has 0 bridgehead atoms. The number of carbonyl (C=O) groups is 4. The molecule has 0 saturated carbocycles. The lowest BCUT2D eigenvalue weighted by atomic mass is 9.81. The third-order valence-electron chi connectivity index (χ3n) is 6.40. The number of aryl methyl sites for hydroxylation is 2. The van der Waals surface area contributed by atoms with Crippen LogP contribution in [0.15, 0.2) is 72.8 Å². The van der Waals surface area contributed by atoms with Crippen molar-refractivity contribution >= 4 is 34.8 Å². The zero-order valence-electron chi connectivity index (χ0n) is 20.5. The average molecular weight is 507 g/mol. The van der Waals surface area contributed by atoms with Crippen LogP contribution in [0.4, 0.5) is 11.4 Å². The van der Waals surface area contributed by atoms with Crippen molar-refractivity contribution < 1.29 is 29.4 Å². The highest BCUT2D eigenvalue weighted by Crippen LogP contribution is 2.42. The first kappa shape index (κ1) is 24.5. The minimum absolute atomic E-state index is 0.000805. The number of carbonyl (C=O) groups excluding carboxylic acids is 4. The van der Waals surface area contributed by atoms with Crippen molar-refractivity contribution in [3.8, 4) is 11.5 Å². The molecule has 0 atom stereocenters. The van der Waals surface area contributed by atoms with Gasteiger partial charge in [-0.1, -0.05) is 35.4 Å². The van der Waals surface area contributed by atoms with Gasteiger partial charge >= 0.3 is 0 Å². The monoisotopic (exact) mass is 506 g/mol. The lowest BCUT2D eigenvalue weighted by molar-refractivity contribution is 0.0973. The third-order valence-corrected chi connectivity index (χ3v) is 6.40. The number of aromatic hydroxyl groups is 2. The lowest BCUT2D eigenvalue weighted by Crippen LogP contribution is -2.26. The van der Waals surface area contributed by atoms with Crippen LogP contribution in [0, 0.1) is 13.8 Å². The molecule has 0 heterocycles. The summed E-state index contributed by atoms with van der Waals surface area (Å²) in [5.74, 6) is -3.56. The predicted molar refractivity (Wildman–Crippen MR) is 141 cm³/mol. The molecule has 0 saturated heterocycles. The molecule has 4 aromatic carbocycles. The Morgan fingerprint density at radius 1 is 0.526 bits per heavy atom. The summed E-state index contributed by atoms with van der Waals surface area (Å²) in [5, 5.41) is 26.4. The second kappa shape index (κ2) is 9.33. The van der Waals surface area contributed by atoms with Gasteiger partial charge in [0, 0.05) is 11.1 Å². The summed E-state index contributed by atoms with van der Waals surface area (Å²) in [7, 11) is 0. The van der Waals surface area contributed by atoms with Gasteiger partial charge in [-0.05, 0) is 62.4 Å². The van der Waals surface area contributed by atoms with Crippen LogP contribution >= 0.6 is 0 Å². The van der Waals surface area contributed by atoms with Crippen LogP contribution in [0.25, 0.3) is 0 Å².